The van der Waals surface area contributed by atoms with Gasteiger partial charge in [0.1, 0.15) is 0 Å². The number of ether oxygens (including phenoxy) is 3. The molecule has 0 saturated carbocycles. The molecule has 2 heterocycles. The zero-order valence-electron chi connectivity index (χ0n) is 22.2. The molecule has 39 heavy (non-hydrogen) atoms. The quantitative estimate of drug-likeness (QED) is 0.302. The summed E-state index contributed by atoms with van der Waals surface area (Å²) in [6, 6.07) is 10.8. The second-order valence-electron chi connectivity index (χ2n) is 8.84. The first kappa shape index (κ1) is 27.8. The normalized spacial score (nSPS) is 15.0. The summed E-state index contributed by atoms with van der Waals surface area (Å²) in [5.74, 6) is -0.517. The fourth-order valence-corrected chi connectivity index (χ4v) is 5.33. The smallest absolute Gasteiger partial charge is 0.338 e. The number of aromatic nitrogens is 1. The standard InChI is InChI=1S/C29H30N2O7S/c1-5-7-14-38-21-13-12-20(16-22(21)36-4)25-24(28(35)37-6-2)17(3)30-29-31(25)26(32)23(39-29)15-18-8-10-19(11-9-18)27(33)34/h8-13,15-16,25H,5-7,14H2,1-4H3,(H,33,34)/t25-/m1/s1. The number of aromatic carboxylic acids is 1. The SMILES string of the molecule is CCCCOc1ccc([C@@H]2C(C(=O)OCC)=C(C)N=c3sc(=Cc4ccc(C(=O)O)cc4)c(=O)n32)cc1OC. The van der Waals surface area contributed by atoms with E-state index in [2.05, 4.69) is 11.9 Å². The van der Waals surface area contributed by atoms with Crippen molar-refractivity contribution in [2.45, 2.75) is 39.7 Å². The van der Waals surface area contributed by atoms with Crippen LogP contribution in [0.4, 0.5) is 0 Å². The average molecular weight is 551 g/mol. The Morgan fingerprint density at radius 3 is 2.51 bits per heavy atom. The molecule has 0 spiro atoms. The fraction of sp³-hybridized carbons (Fsp3) is 0.310. The number of carboxylic acids is 1. The topological polar surface area (TPSA) is 116 Å². The number of carbonyl (C=O) groups is 2. The molecule has 1 aliphatic rings. The first-order valence-corrected chi connectivity index (χ1v) is 13.4. The highest BCUT2D eigenvalue weighted by Gasteiger charge is 2.34. The minimum absolute atomic E-state index is 0.152. The number of hydrogen-bond donors (Lipinski definition) is 1. The van der Waals surface area contributed by atoms with Crippen molar-refractivity contribution in [2.75, 3.05) is 20.3 Å². The van der Waals surface area contributed by atoms with E-state index in [1.165, 1.54) is 28.0 Å². The zero-order chi connectivity index (χ0) is 28.1. The molecule has 1 atom stereocenters. The third-order valence-electron chi connectivity index (χ3n) is 6.23. The summed E-state index contributed by atoms with van der Waals surface area (Å²) in [6.07, 6.45) is 3.57. The van der Waals surface area contributed by atoms with Crippen LogP contribution in [-0.4, -0.2) is 41.9 Å². The first-order valence-electron chi connectivity index (χ1n) is 12.6. The molecule has 1 aliphatic heterocycles. The summed E-state index contributed by atoms with van der Waals surface area (Å²) in [4.78, 5) is 43.1. The molecule has 1 N–H and O–H groups in total. The molecule has 0 unspecified atom stereocenters. The maximum Gasteiger partial charge on any atom is 0.338 e. The summed E-state index contributed by atoms with van der Waals surface area (Å²) < 4.78 is 18.7. The molecule has 0 aliphatic carbocycles. The van der Waals surface area contributed by atoms with Crippen molar-refractivity contribution in [3.8, 4) is 11.5 Å². The Morgan fingerprint density at radius 2 is 1.87 bits per heavy atom. The monoisotopic (exact) mass is 550 g/mol. The highest BCUT2D eigenvalue weighted by atomic mass is 32.1. The summed E-state index contributed by atoms with van der Waals surface area (Å²) in [5.41, 5.74) is 1.86. The Labute approximate surface area is 229 Å². The summed E-state index contributed by atoms with van der Waals surface area (Å²) in [5, 5.41) is 9.17. The molecule has 1 aromatic heterocycles. The molecule has 2 aromatic carbocycles. The number of nitrogens with zero attached hydrogens (tertiary/aromatic N) is 2. The van der Waals surface area contributed by atoms with Crippen molar-refractivity contribution in [2.24, 2.45) is 4.99 Å². The van der Waals surface area contributed by atoms with E-state index in [-0.39, 0.29) is 23.3 Å². The van der Waals surface area contributed by atoms with E-state index in [0.29, 0.717) is 44.3 Å². The Balaban J connectivity index is 1.87. The van der Waals surface area contributed by atoms with Crippen LogP contribution in [0.3, 0.4) is 0 Å². The molecule has 0 bridgehead atoms. The Hall–Kier alpha value is -4.18. The van der Waals surface area contributed by atoms with Gasteiger partial charge in [0, 0.05) is 0 Å². The highest BCUT2D eigenvalue weighted by Crippen LogP contribution is 2.36. The van der Waals surface area contributed by atoms with Crippen LogP contribution in [0, 0.1) is 0 Å². The predicted octanol–water partition coefficient (Wildman–Crippen LogP) is 3.68. The van der Waals surface area contributed by atoms with Crippen LogP contribution in [0.2, 0.25) is 0 Å². The van der Waals surface area contributed by atoms with Gasteiger partial charge in [-0.15, -0.1) is 0 Å². The maximum absolute atomic E-state index is 13.8. The molecule has 0 radical (unpaired) electrons. The largest absolute Gasteiger partial charge is 0.493 e. The van der Waals surface area contributed by atoms with Crippen LogP contribution in [-0.2, 0) is 9.53 Å². The van der Waals surface area contributed by atoms with Gasteiger partial charge in [0.05, 0.1) is 47.7 Å². The minimum atomic E-state index is -1.03. The molecule has 9 nitrogen and oxygen atoms in total. The van der Waals surface area contributed by atoms with E-state index in [1.54, 1.807) is 51.3 Å². The molecule has 0 fully saturated rings. The van der Waals surface area contributed by atoms with Crippen molar-refractivity contribution in [1.82, 2.24) is 4.57 Å². The Bertz CT molecular complexity index is 1600. The summed E-state index contributed by atoms with van der Waals surface area (Å²) >= 11 is 1.19. The lowest BCUT2D eigenvalue weighted by molar-refractivity contribution is -0.139. The van der Waals surface area contributed by atoms with Gasteiger partial charge in [0.25, 0.3) is 5.56 Å². The second kappa shape index (κ2) is 12.1. The van der Waals surface area contributed by atoms with Crippen LogP contribution in [0.25, 0.3) is 6.08 Å². The number of carboxylic acid groups (broad SMARTS) is 1. The van der Waals surface area contributed by atoms with E-state index < -0.39 is 18.0 Å². The second-order valence-corrected chi connectivity index (χ2v) is 9.85. The molecular formula is C29H30N2O7S. The van der Waals surface area contributed by atoms with Crippen molar-refractivity contribution >= 4 is 29.4 Å². The van der Waals surface area contributed by atoms with Crippen molar-refractivity contribution < 1.29 is 28.9 Å². The van der Waals surface area contributed by atoms with Crippen molar-refractivity contribution in [3.05, 3.63) is 90.1 Å². The lowest BCUT2D eigenvalue weighted by atomic mass is 9.95. The molecule has 0 saturated heterocycles. The number of unbranched alkanes of at least 4 members (excludes halogenated alkanes) is 1. The van der Waals surface area contributed by atoms with E-state index in [4.69, 9.17) is 19.3 Å². The van der Waals surface area contributed by atoms with Crippen LogP contribution in [0.1, 0.15) is 61.1 Å². The van der Waals surface area contributed by atoms with Crippen LogP contribution < -0.4 is 24.4 Å². The number of methoxy groups -OCH3 is 1. The van der Waals surface area contributed by atoms with Gasteiger partial charge in [-0.1, -0.05) is 42.9 Å². The van der Waals surface area contributed by atoms with Gasteiger partial charge in [-0.05, 0) is 61.7 Å². The predicted molar refractivity (Wildman–Crippen MR) is 147 cm³/mol. The number of esters is 1. The van der Waals surface area contributed by atoms with Crippen LogP contribution in [0.15, 0.2) is 63.5 Å². The average Bonchev–Trinajstić information content (AvgIpc) is 3.22. The molecule has 3 aromatic rings. The highest BCUT2D eigenvalue weighted by molar-refractivity contribution is 7.07. The lowest BCUT2D eigenvalue weighted by Crippen LogP contribution is -2.40. The molecule has 204 valence electrons. The van der Waals surface area contributed by atoms with Crippen LogP contribution in [0.5, 0.6) is 11.5 Å². The molecule has 0 amide bonds. The van der Waals surface area contributed by atoms with Gasteiger partial charge in [-0.3, -0.25) is 9.36 Å². The van der Waals surface area contributed by atoms with Gasteiger partial charge in [0.2, 0.25) is 0 Å². The number of carbonyl (C=O) groups excluding carboxylic acids is 1. The lowest BCUT2D eigenvalue weighted by Gasteiger charge is -2.25. The third kappa shape index (κ3) is 5.80. The number of rotatable bonds is 10. The maximum atomic E-state index is 13.8. The van der Waals surface area contributed by atoms with E-state index >= 15 is 0 Å². The summed E-state index contributed by atoms with van der Waals surface area (Å²) in [6.45, 7) is 6.24. The van der Waals surface area contributed by atoms with Gasteiger partial charge < -0.3 is 19.3 Å². The number of thiazole rings is 1. The molecule has 10 heteroatoms. The van der Waals surface area contributed by atoms with Gasteiger partial charge in [-0.2, -0.15) is 0 Å². The Kier molecular flexibility index (Phi) is 8.65. The van der Waals surface area contributed by atoms with E-state index in [9.17, 15) is 14.4 Å². The van der Waals surface area contributed by atoms with E-state index in [1.807, 2.05) is 6.07 Å². The number of hydrogen-bond acceptors (Lipinski definition) is 8. The van der Waals surface area contributed by atoms with Crippen molar-refractivity contribution in [1.29, 1.82) is 0 Å². The number of fused-ring (bicyclic) bond motifs is 1. The Morgan fingerprint density at radius 1 is 1.13 bits per heavy atom. The summed E-state index contributed by atoms with van der Waals surface area (Å²) in [7, 11) is 1.54. The third-order valence-corrected chi connectivity index (χ3v) is 7.21. The van der Waals surface area contributed by atoms with Gasteiger partial charge >= 0.3 is 11.9 Å². The minimum Gasteiger partial charge on any atom is -0.493 e. The molecule has 4 rings (SSSR count). The van der Waals surface area contributed by atoms with E-state index in [0.717, 1.165) is 12.8 Å². The number of allylic oxidation sites excluding steroid dienone is 1. The van der Waals surface area contributed by atoms with Crippen molar-refractivity contribution in [3.63, 3.8) is 0 Å². The van der Waals surface area contributed by atoms with Gasteiger partial charge in [-0.25, -0.2) is 14.6 Å². The number of benzene rings is 2. The fourth-order valence-electron chi connectivity index (χ4n) is 4.28. The molecular weight excluding hydrogens is 520 g/mol. The van der Waals surface area contributed by atoms with Crippen LogP contribution >= 0.6 is 11.3 Å². The first-order chi connectivity index (χ1) is 18.8. The van der Waals surface area contributed by atoms with Gasteiger partial charge in [0.15, 0.2) is 16.3 Å². The zero-order valence-corrected chi connectivity index (χ0v) is 23.0.